The van der Waals surface area contributed by atoms with Crippen molar-refractivity contribution >= 4 is 6.09 Å². The maximum atomic E-state index is 13.0. The van der Waals surface area contributed by atoms with Gasteiger partial charge in [-0.25, -0.2) is 4.79 Å². The summed E-state index contributed by atoms with van der Waals surface area (Å²) in [5.74, 6) is -0.241. The fourth-order valence-corrected chi connectivity index (χ4v) is 3.09. The lowest BCUT2D eigenvalue weighted by Gasteiger charge is -2.29. The third-order valence-corrected chi connectivity index (χ3v) is 4.06. The molecule has 4 nitrogen and oxygen atoms in total. The second kappa shape index (κ2) is 4.91. The molecular weight excluding hydrogens is 287 g/mol. The van der Waals surface area contributed by atoms with Crippen LogP contribution in [0.5, 0.6) is 0 Å². The van der Waals surface area contributed by atoms with Crippen molar-refractivity contribution in [2.45, 2.75) is 24.8 Å². The Morgan fingerprint density at radius 1 is 1.38 bits per heavy atom. The number of likely N-dealkylation sites (tertiary alicyclic amines) is 1. The van der Waals surface area contributed by atoms with Gasteiger partial charge in [0.05, 0.1) is 31.9 Å². The van der Waals surface area contributed by atoms with Gasteiger partial charge in [-0.1, -0.05) is 12.1 Å². The second-order valence-electron chi connectivity index (χ2n) is 5.20. The molecule has 0 saturated carbocycles. The Morgan fingerprint density at radius 2 is 2.14 bits per heavy atom. The van der Waals surface area contributed by atoms with E-state index in [9.17, 15) is 18.0 Å². The Hall–Kier alpha value is -1.76. The summed E-state index contributed by atoms with van der Waals surface area (Å²) in [7, 11) is 1.28. The van der Waals surface area contributed by atoms with Gasteiger partial charge in [-0.15, -0.1) is 0 Å². The van der Waals surface area contributed by atoms with Crippen LogP contribution in [-0.4, -0.2) is 37.3 Å². The molecule has 114 valence electrons. The molecule has 2 unspecified atom stereocenters. The van der Waals surface area contributed by atoms with Crippen LogP contribution < -0.4 is 0 Å². The van der Waals surface area contributed by atoms with Crippen LogP contribution in [0.15, 0.2) is 18.2 Å². The summed E-state index contributed by atoms with van der Waals surface area (Å²) in [6.07, 6.45) is -5.16. The number of halogens is 3. The van der Waals surface area contributed by atoms with Crippen LogP contribution in [0.4, 0.5) is 18.0 Å². The molecular formula is C14H14F3NO3. The number of methoxy groups -OCH3 is 1. The van der Waals surface area contributed by atoms with E-state index in [0.29, 0.717) is 18.7 Å². The van der Waals surface area contributed by atoms with Crippen LogP contribution >= 0.6 is 0 Å². The van der Waals surface area contributed by atoms with E-state index >= 15 is 0 Å². The number of carbonyl (C=O) groups is 1. The fourth-order valence-electron chi connectivity index (χ4n) is 3.09. The van der Waals surface area contributed by atoms with E-state index in [4.69, 9.17) is 4.74 Å². The minimum atomic E-state index is -4.40. The third-order valence-electron chi connectivity index (χ3n) is 4.06. The van der Waals surface area contributed by atoms with Crippen LogP contribution in [0.1, 0.15) is 22.6 Å². The zero-order valence-corrected chi connectivity index (χ0v) is 11.3. The van der Waals surface area contributed by atoms with E-state index in [1.807, 2.05) is 0 Å². The van der Waals surface area contributed by atoms with E-state index < -0.39 is 17.8 Å². The van der Waals surface area contributed by atoms with E-state index in [-0.39, 0.29) is 24.2 Å². The van der Waals surface area contributed by atoms with E-state index in [2.05, 4.69) is 4.74 Å². The Morgan fingerprint density at radius 3 is 2.81 bits per heavy atom. The highest BCUT2D eigenvalue weighted by atomic mass is 19.4. The number of hydrogen-bond acceptors (Lipinski definition) is 3. The summed E-state index contributed by atoms with van der Waals surface area (Å²) in [5.41, 5.74) is 0.139. The maximum Gasteiger partial charge on any atom is 0.416 e. The van der Waals surface area contributed by atoms with Crippen LogP contribution in [0.25, 0.3) is 0 Å². The molecule has 21 heavy (non-hydrogen) atoms. The standard InChI is InChI=1S/C14H14F3NO3/c1-20-13(19)18-5-9-8-3-2-4-11(14(15,16)17)10(8)7-21-12(9)6-18/h2-4,9,12H,5-7H2,1H3. The van der Waals surface area contributed by atoms with Crippen LogP contribution in [0.2, 0.25) is 0 Å². The molecule has 2 heterocycles. The molecule has 0 aliphatic carbocycles. The molecule has 0 radical (unpaired) electrons. The summed E-state index contributed by atoms with van der Waals surface area (Å²) >= 11 is 0. The van der Waals surface area contributed by atoms with Gasteiger partial charge in [-0.3, -0.25) is 0 Å². The van der Waals surface area contributed by atoms with Gasteiger partial charge in [0.1, 0.15) is 0 Å². The largest absolute Gasteiger partial charge is 0.453 e. The molecule has 1 fully saturated rings. The van der Waals surface area contributed by atoms with Gasteiger partial charge in [0.15, 0.2) is 0 Å². The summed E-state index contributed by atoms with van der Waals surface area (Å²) in [6.45, 7) is 0.569. The Kier molecular flexibility index (Phi) is 3.32. The van der Waals surface area contributed by atoms with Gasteiger partial charge >= 0.3 is 12.3 Å². The quantitative estimate of drug-likeness (QED) is 0.739. The average Bonchev–Trinajstić information content (AvgIpc) is 2.89. The summed E-state index contributed by atoms with van der Waals surface area (Å²) in [6, 6.07) is 4.16. The lowest BCUT2D eigenvalue weighted by Crippen LogP contribution is -2.30. The van der Waals surface area contributed by atoms with Crippen molar-refractivity contribution in [3.63, 3.8) is 0 Å². The van der Waals surface area contributed by atoms with E-state index in [1.165, 1.54) is 18.1 Å². The Bertz CT molecular complexity index is 573. The Labute approximate surface area is 119 Å². The van der Waals surface area contributed by atoms with Crippen molar-refractivity contribution in [1.29, 1.82) is 0 Å². The summed E-state index contributed by atoms with van der Waals surface area (Å²) in [5, 5.41) is 0. The average molecular weight is 301 g/mol. The number of hydrogen-bond donors (Lipinski definition) is 0. The van der Waals surface area contributed by atoms with Gasteiger partial charge < -0.3 is 14.4 Å². The minimum absolute atomic E-state index is 0.0821. The predicted octanol–water partition coefficient (Wildman–Crippen LogP) is 2.77. The first-order valence-electron chi connectivity index (χ1n) is 6.55. The molecule has 1 aromatic rings. The molecule has 3 rings (SSSR count). The van der Waals surface area contributed by atoms with E-state index in [1.54, 1.807) is 6.07 Å². The van der Waals surface area contributed by atoms with Crippen LogP contribution in [0, 0.1) is 0 Å². The molecule has 0 aromatic heterocycles. The highest BCUT2D eigenvalue weighted by Crippen LogP contribution is 2.42. The molecule has 7 heteroatoms. The number of alkyl halides is 3. The molecule has 0 bridgehead atoms. The third kappa shape index (κ3) is 2.35. The van der Waals surface area contributed by atoms with Gasteiger partial charge in [0.2, 0.25) is 0 Å². The fraction of sp³-hybridized carbons (Fsp3) is 0.500. The van der Waals surface area contributed by atoms with Crippen molar-refractivity contribution in [3.05, 3.63) is 34.9 Å². The monoisotopic (exact) mass is 301 g/mol. The normalized spacial score (nSPS) is 24.5. The van der Waals surface area contributed by atoms with Crippen molar-refractivity contribution in [1.82, 2.24) is 4.90 Å². The SMILES string of the molecule is COC(=O)N1CC2OCc3c(cccc3C(F)(F)F)C2C1. The molecule has 1 aromatic carbocycles. The minimum Gasteiger partial charge on any atom is -0.453 e. The zero-order valence-electron chi connectivity index (χ0n) is 11.3. The highest BCUT2D eigenvalue weighted by Gasteiger charge is 2.44. The number of fused-ring (bicyclic) bond motifs is 3. The topological polar surface area (TPSA) is 38.8 Å². The van der Waals surface area contributed by atoms with Gasteiger partial charge in [0.25, 0.3) is 0 Å². The van der Waals surface area contributed by atoms with Gasteiger partial charge in [-0.2, -0.15) is 13.2 Å². The number of amides is 1. The van der Waals surface area contributed by atoms with Gasteiger partial charge in [-0.05, 0) is 17.2 Å². The number of nitrogens with zero attached hydrogens (tertiary/aromatic N) is 1. The lowest BCUT2D eigenvalue weighted by atomic mass is 9.87. The van der Waals surface area contributed by atoms with Crippen LogP contribution in [0.3, 0.4) is 0 Å². The number of benzene rings is 1. The highest BCUT2D eigenvalue weighted by molar-refractivity contribution is 5.68. The molecule has 1 saturated heterocycles. The molecule has 2 aliphatic rings. The smallest absolute Gasteiger partial charge is 0.416 e. The number of ether oxygens (including phenoxy) is 2. The zero-order chi connectivity index (χ0) is 15.2. The first-order valence-corrected chi connectivity index (χ1v) is 6.55. The first-order chi connectivity index (χ1) is 9.91. The summed E-state index contributed by atoms with van der Waals surface area (Å²) < 4.78 is 49.3. The maximum absolute atomic E-state index is 13.0. The van der Waals surface area contributed by atoms with Crippen molar-refractivity contribution in [2.75, 3.05) is 20.2 Å². The van der Waals surface area contributed by atoms with Crippen molar-refractivity contribution < 1.29 is 27.4 Å². The summed E-state index contributed by atoms with van der Waals surface area (Å²) in [4.78, 5) is 13.0. The van der Waals surface area contributed by atoms with Crippen LogP contribution in [-0.2, 0) is 22.3 Å². The van der Waals surface area contributed by atoms with E-state index in [0.717, 1.165) is 6.07 Å². The van der Waals surface area contributed by atoms with Gasteiger partial charge in [0, 0.05) is 12.5 Å². The molecule has 1 amide bonds. The van der Waals surface area contributed by atoms with Crippen molar-refractivity contribution in [2.24, 2.45) is 0 Å². The molecule has 2 atom stereocenters. The second-order valence-corrected chi connectivity index (χ2v) is 5.20. The molecule has 0 N–H and O–H groups in total. The molecule has 0 spiro atoms. The first kappa shape index (κ1) is 14.2. The number of carbonyl (C=O) groups excluding carboxylic acids is 1. The number of rotatable bonds is 0. The lowest BCUT2D eigenvalue weighted by molar-refractivity contribution is -0.139. The van der Waals surface area contributed by atoms with Crippen molar-refractivity contribution in [3.8, 4) is 0 Å². The Balaban J connectivity index is 1.95. The molecule has 2 aliphatic heterocycles. The predicted molar refractivity (Wildman–Crippen MR) is 66.7 cm³/mol.